The minimum absolute atomic E-state index is 0.235. The van der Waals surface area contributed by atoms with Crippen molar-refractivity contribution in [2.24, 2.45) is 0 Å². The molecular weight excluding hydrogens is 371 g/mol. The highest BCUT2D eigenvalue weighted by Crippen LogP contribution is 2.28. The topological polar surface area (TPSA) is 75.6 Å². The molecular formula is C22H17FN4O2. The summed E-state index contributed by atoms with van der Waals surface area (Å²) in [7, 11) is 0. The normalized spacial score (nSPS) is 12.5. The van der Waals surface area contributed by atoms with Gasteiger partial charge in [0.25, 0.3) is 0 Å². The molecule has 0 aliphatic carbocycles. The molecule has 3 heterocycles. The van der Waals surface area contributed by atoms with Crippen molar-refractivity contribution in [3.63, 3.8) is 0 Å². The molecule has 7 heteroatoms. The monoisotopic (exact) mass is 388 g/mol. The van der Waals surface area contributed by atoms with E-state index in [-0.39, 0.29) is 12.4 Å². The summed E-state index contributed by atoms with van der Waals surface area (Å²) in [6.45, 7) is 0.235. The summed E-state index contributed by atoms with van der Waals surface area (Å²) in [6, 6.07) is 19.2. The molecule has 0 aliphatic rings. The van der Waals surface area contributed by atoms with Gasteiger partial charge in [-0.3, -0.25) is 0 Å². The molecule has 0 radical (unpaired) electrons. The number of fused-ring (bicyclic) bond motifs is 2. The molecule has 0 fully saturated rings. The molecule has 144 valence electrons. The summed E-state index contributed by atoms with van der Waals surface area (Å²) in [5.41, 5.74) is 2.85. The summed E-state index contributed by atoms with van der Waals surface area (Å²) in [4.78, 5) is 4.39. The molecule has 5 aromatic rings. The number of hydrogen-bond acceptors (Lipinski definition) is 5. The lowest BCUT2D eigenvalue weighted by atomic mass is 10.1. The van der Waals surface area contributed by atoms with Gasteiger partial charge in [-0.2, -0.15) is 0 Å². The number of aromatic nitrogens is 3. The fourth-order valence-corrected chi connectivity index (χ4v) is 3.25. The second kappa shape index (κ2) is 7.03. The number of para-hydroxylation sites is 1. The van der Waals surface area contributed by atoms with Crippen molar-refractivity contribution >= 4 is 22.4 Å². The van der Waals surface area contributed by atoms with Gasteiger partial charge in [0.05, 0.1) is 12.3 Å². The first-order valence-corrected chi connectivity index (χ1v) is 9.18. The largest absolute Gasteiger partial charge is 0.454 e. The molecule has 2 N–H and O–H groups in total. The van der Waals surface area contributed by atoms with Gasteiger partial charge in [-0.25, -0.2) is 13.9 Å². The fraction of sp³-hybridized carbons (Fsp3) is 0.0909. The highest BCUT2D eigenvalue weighted by Gasteiger charge is 2.13. The molecule has 29 heavy (non-hydrogen) atoms. The Morgan fingerprint density at radius 3 is 2.72 bits per heavy atom. The Labute approximate surface area is 165 Å². The Balaban J connectivity index is 1.41. The van der Waals surface area contributed by atoms with Crippen molar-refractivity contribution in [3.05, 3.63) is 84.3 Å². The van der Waals surface area contributed by atoms with E-state index < -0.39 is 6.10 Å². The number of aliphatic hydroxyl groups is 1. The highest BCUT2D eigenvalue weighted by molar-refractivity contribution is 5.82. The quantitative estimate of drug-likeness (QED) is 0.466. The maximum Gasteiger partial charge on any atom is 0.155 e. The van der Waals surface area contributed by atoms with Crippen molar-refractivity contribution in [2.45, 2.75) is 6.10 Å². The summed E-state index contributed by atoms with van der Waals surface area (Å²) >= 11 is 0. The SMILES string of the molecule is OC(CNc1ccc2ncc(-c3cc4ccccc4o3)n2n1)c1ccc(F)cc1. The van der Waals surface area contributed by atoms with Crippen LogP contribution in [0.3, 0.4) is 0 Å². The van der Waals surface area contributed by atoms with Gasteiger partial charge in [0.1, 0.15) is 22.9 Å². The van der Waals surface area contributed by atoms with Gasteiger partial charge in [0.15, 0.2) is 11.4 Å². The number of nitrogens with zero attached hydrogens (tertiary/aromatic N) is 3. The van der Waals surface area contributed by atoms with Gasteiger partial charge in [0, 0.05) is 11.9 Å². The van der Waals surface area contributed by atoms with Crippen LogP contribution in [0.5, 0.6) is 0 Å². The van der Waals surface area contributed by atoms with Crippen LogP contribution in [0.15, 0.2) is 77.3 Å². The van der Waals surface area contributed by atoms with Crippen LogP contribution in [0.2, 0.25) is 0 Å². The van der Waals surface area contributed by atoms with Crippen molar-refractivity contribution in [1.82, 2.24) is 14.6 Å². The maximum atomic E-state index is 13.0. The third kappa shape index (κ3) is 3.32. The van der Waals surface area contributed by atoms with Gasteiger partial charge in [-0.05, 0) is 42.0 Å². The molecule has 0 saturated carbocycles. The Hall–Kier alpha value is -3.71. The van der Waals surface area contributed by atoms with Gasteiger partial charge in [0.2, 0.25) is 0 Å². The molecule has 0 aliphatic heterocycles. The summed E-state index contributed by atoms with van der Waals surface area (Å²) < 4.78 is 20.7. The van der Waals surface area contributed by atoms with E-state index in [0.29, 0.717) is 22.8 Å². The molecule has 2 aromatic carbocycles. The van der Waals surface area contributed by atoms with Crippen LogP contribution < -0.4 is 5.32 Å². The average Bonchev–Trinajstić information content (AvgIpc) is 3.35. The van der Waals surface area contributed by atoms with Crippen molar-refractivity contribution in [1.29, 1.82) is 0 Å². The highest BCUT2D eigenvalue weighted by atomic mass is 19.1. The number of nitrogens with one attached hydrogen (secondary N) is 1. The molecule has 0 amide bonds. The summed E-state index contributed by atoms with van der Waals surface area (Å²) in [5.74, 6) is 0.919. The maximum absolute atomic E-state index is 13.0. The Morgan fingerprint density at radius 2 is 1.90 bits per heavy atom. The lowest BCUT2D eigenvalue weighted by molar-refractivity contribution is 0.191. The standard InChI is InChI=1S/C22H17FN4O2/c23-16-7-5-14(6-8-16)18(28)13-24-21-9-10-22-25-12-17(27(22)26-21)20-11-15-3-1-2-4-19(15)29-20/h1-12,18,28H,13H2,(H,24,26). The zero-order valence-electron chi connectivity index (χ0n) is 15.3. The van der Waals surface area contributed by atoms with E-state index >= 15 is 0 Å². The molecule has 3 aromatic heterocycles. The van der Waals surface area contributed by atoms with E-state index in [2.05, 4.69) is 15.4 Å². The summed E-state index contributed by atoms with van der Waals surface area (Å²) in [6.07, 6.45) is 0.933. The minimum atomic E-state index is -0.786. The van der Waals surface area contributed by atoms with Crippen LogP contribution in [0.4, 0.5) is 10.2 Å². The van der Waals surface area contributed by atoms with E-state index in [4.69, 9.17) is 4.42 Å². The first-order chi connectivity index (χ1) is 14.2. The van der Waals surface area contributed by atoms with Crippen molar-refractivity contribution < 1.29 is 13.9 Å². The lowest BCUT2D eigenvalue weighted by Crippen LogP contribution is -2.13. The van der Waals surface area contributed by atoms with Crippen LogP contribution in [0.1, 0.15) is 11.7 Å². The minimum Gasteiger partial charge on any atom is -0.454 e. The summed E-state index contributed by atoms with van der Waals surface area (Å²) in [5, 5.41) is 19.0. The number of benzene rings is 2. The van der Waals surface area contributed by atoms with Crippen molar-refractivity contribution in [2.75, 3.05) is 11.9 Å². The van der Waals surface area contributed by atoms with Crippen LogP contribution >= 0.6 is 0 Å². The van der Waals surface area contributed by atoms with Gasteiger partial charge >= 0.3 is 0 Å². The van der Waals surface area contributed by atoms with Crippen LogP contribution in [0, 0.1) is 5.82 Å². The number of halogens is 1. The predicted octanol–water partition coefficient (Wildman–Crippen LogP) is 4.43. The third-order valence-corrected chi connectivity index (χ3v) is 4.77. The van der Waals surface area contributed by atoms with Crippen molar-refractivity contribution in [3.8, 4) is 11.5 Å². The van der Waals surface area contributed by atoms with Crippen LogP contribution in [-0.2, 0) is 0 Å². The number of furan rings is 1. The first-order valence-electron chi connectivity index (χ1n) is 9.18. The van der Waals surface area contributed by atoms with Gasteiger partial charge < -0.3 is 14.8 Å². The fourth-order valence-electron chi connectivity index (χ4n) is 3.25. The van der Waals surface area contributed by atoms with Gasteiger partial charge in [-0.1, -0.05) is 30.3 Å². The average molecular weight is 388 g/mol. The Morgan fingerprint density at radius 1 is 1.07 bits per heavy atom. The Kier molecular flexibility index (Phi) is 4.22. The molecule has 1 atom stereocenters. The first kappa shape index (κ1) is 17.4. The Bertz CT molecular complexity index is 1260. The predicted molar refractivity (Wildman–Crippen MR) is 108 cm³/mol. The second-order valence-corrected chi connectivity index (χ2v) is 6.73. The molecule has 0 spiro atoms. The number of anilines is 1. The van der Waals surface area contributed by atoms with E-state index in [1.54, 1.807) is 28.9 Å². The van der Waals surface area contributed by atoms with E-state index in [0.717, 1.165) is 16.7 Å². The van der Waals surface area contributed by atoms with E-state index in [9.17, 15) is 9.50 Å². The zero-order chi connectivity index (χ0) is 19.8. The number of aliphatic hydroxyl groups excluding tert-OH is 1. The lowest BCUT2D eigenvalue weighted by Gasteiger charge is -2.13. The number of hydrogen-bond donors (Lipinski definition) is 2. The van der Waals surface area contributed by atoms with Crippen LogP contribution in [0.25, 0.3) is 28.1 Å². The number of imidazole rings is 1. The number of rotatable bonds is 5. The third-order valence-electron chi connectivity index (χ3n) is 4.77. The van der Waals surface area contributed by atoms with Crippen LogP contribution in [-0.4, -0.2) is 26.2 Å². The van der Waals surface area contributed by atoms with E-state index in [1.807, 2.05) is 36.4 Å². The molecule has 0 bridgehead atoms. The van der Waals surface area contributed by atoms with E-state index in [1.165, 1.54) is 12.1 Å². The molecule has 5 rings (SSSR count). The molecule has 0 saturated heterocycles. The smallest absolute Gasteiger partial charge is 0.155 e. The zero-order valence-corrected chi connectivity index (χ0v) is 15.3. The van der Waals surface area contributed by atoms with Gasteiger partial charge in [-0.15, -0.1) is 5.10 Å². The molecule has 1 unspecified atom stereocenters. The second-order valence-electron chi connectivity index (χ2n) is 6.73. The molecule has 6 nitrogen and oxygen atoms in total.